The Morgan fingerprint density at radius 2 is 2.06 bits per heavy atom. The normalized spacial score (nSPS) is 14.0. The molecule has 0 bridgehead atoms. The number of rotatable bonds is 8. The second-order valence-corrected chi connectivity index (χ2v) is 8.46. The van der Waals surface area contributed by atoms with E-state index in [0.717, 1.165) is 24.4 Å². The number of anilines is 2. The van der Waals surface area contributed by atoms with Gasteiger partial charge in [-0.15, -0.1) is 0 Å². The van der Waals surface area contributed by atoms with E-state index in [9.17, 15) is 9.59 Å². The molecule has 1 heterocycles. The second kappa shape index (κ2) is 11.1. The molecule has 3 rings (SSSR count). The van der Waals surface area contributed by atoms with Gasteiger partial charge in [0.2, 0.25) is 0 Å². The van der Waals surface area contributed by atoms with E-state index in [4.69, 9.17) is 27.9 Å². The van der Waals surface area contributed by atoms with Crippen molar-refractivity contribution < 1.29 is 14.3 Å². The van der Waals surface area contributed by atoms with Crippen molar-refractivity contribution in [3.63, 3.8) is 0 Å². The average Bonchev–Trinajstić information content (AvgIpc) is 3.27. The molecule has 0 radical (unpaired) electrons. The summed E-state index contributed by atoms with van der Waals surface area (Å²) in [6.07, 6.45) is 6.21. The van der Waals surface area contributed by atoms with Crippen molar-refractivity contribution >= 4 is 58.7 Å². The summed E-state index contributed by atoms with van der Waals surface area (Å²) in [7, 11) is 1.73. The number of hydrogen-bond donors (Lipinski definition) is 2. The first kappa shape index (κ1) is 23.1. The van der Waals surface area contributed by atoms with E-state index in [-0.39, 0.29) is 5.91 Å². The quantitative estimate of drug-likeness (QED) is 0.177. The predicted molar refractivity (Wildman–Crippen MR) is 128 cm³/mol. The molecule has 0 unspecified atom stereocenters. The fraction of sp³-hybridized carbons (Fsp3) is 0.182. The number of hydrogen-bond acceptors (Lipinski definition) is 6. The summed E-state index contributed by atoms with van der Waals surface area (Å²) in [5.41, 5.74) is 1.74. The minimum absolute atomic E-state index is 0.308. The number of halogens is 2. The summed E-state index contributed by atoms with van der Waals surface area (Å²) < 4.78 is 7.86. The number of amides is 1. The van der Waals surface area contributed by atoms with Crippen molar-refractivity contribution in [1.82, 2.24) is 5.32 Å². The van der Waals surface area contributed by atoms with Gasteiger partial charge in [0.1, 0.15) is 17.8 Å². The highest BCUT2D eigenvalue weighted by molar-refractivity contribution is 8.00. The van der Waals surface area contributed by atoms with Gasteiger partial charge in [-0.25, -0.2) is 0 Å². The van der Waals surface area contributed by atoms with Gasteiger partial charge < -0.3 is 19.7 Å². The highest BCUT2D eigenvalue weighted by Crippen LogP contribution is 2.32. The smallest absolute Gasteiger partial charge is 0.257 e. The third-order valence-corrected chi connectivity index (χ3v) is 5.97. The minimum Gasteiger partial charge on any atom is -0.457 e. The van der Waals surface area contributed by atoms with E-state index >= 15 is 0 Å². The van der Waals surface area contributed by atoms with Crippen LogP contribution in [0.4, 0.5) is 11.4 Å². The van der Waals surface area contributed by atoms with Gasteiger partial charge in [0.15, 0.2) is 0 Å². The average molecular weight is 478 g/mol. The van der Waals surface area contributed by atoms with Crippen LogP contribution >= 0.6 is 35.1 Å². The first-order chi connectivity index (χ1) is 15.0. The molecular weight excluding hydrogens is 457 g/mol. The summed E-state index contributed by atoms with van der Waals surface area (Å²) >= 11 is 14.2. The minimum atomic E-state index is -0.358. The third-order valence-electron chi connectivity index (χ3n) is 4.25. The Morgan fingerprint density at radius 1 is 1.23 bits per heavy atom. The van der Waals surface area contributed by atoms with Crippen LogP contribution in [0, 0.1) is 0 Å². The number of aldehydes is 1. The van der Waals surface area contributed by atoms with E-state index in [1.807, 2.05) is 6.07 Å². The molecule has 2 aromatic rings. The monoisotopic (exact) mass is 477 g/mol. The van der Waals surface area contributed by atoms with Crippen molar-refractivity contribution in [1.29, 1.82) is 0 Å². The zero-order valence-corrected chi connectivity index (χ0v) is 19.1. The van der Waals surface area contributed by atoms with Gasteiger partial charge >= 0.3 is 0 Å². The first-order valence-electron chi connectivity index (χ1n) is 9.49. The number of allylic oxidation sites excluding steroid dienone is 2. The van der Waals surface area contributed by atoms with E-state index < -0.39 is 0 Å². The number of carbonyl (C=O) groups excluding carboxylic acids is 2. The molecule has 0 saturated carbocycles. The largest absolute Gasteiger partial charge is 0.457 e. The maximum atomic E-state index is 12.9. The Kier molecular flexibility index (Phi) is 8.28. The van der Waals surface area contributed by atoms with Crippen LogP contribution < -0.4 is 19.7 Å². The number of ether oxygens (including phenoxy) is 1. The Labute approximate surface area is 195 Å². The second-order valence-electron chi connectivity index (χ2n) is 6.51. The number of nitrogens with one attached hydrogen (secondary N) is 2. The van der Waals surface area contributed by atoms with Gasteiger partial charge in [-0.3, -0.25) is 9.59 Å². The molecule has 9 heteroatoms. The lowest BCUT2D eigenvalue weighted by Crippen LogP contribution is -2.15. The standard InChI is InChI=1S/C22H21Cl2N3O3S/c1-25-7-5-18(6-9-28)30-19-12-15(23)11-16(13-19)26-22(29)20-14-17(3-4-21(20)24)27-8-2-10-31-27/h3-7,9,11-14,25H,2,8,10H2,1H3,(H,26,29)/b7-5-,18-6+. The van der Waals surface area contributed by atoms with Gasteiger partial charge in [-0.1, -0.05) is 23.2 Å². The van der Waals surface area contributed by atoms with E-state index in [0.29, 0.717) is 39.1 Å². The lowest BCUT2D eigenvalue weighted by Gasteiger charge is -2.17. The first-order valence-corrected chi connectivity index (χ1v) is 11.2. The molecule has 2 aromatic carbocycles. The van der Waals surface area contributed by atoms with E-state index in [1.54, 1.807) is 61.6 Å². The lowest BCUT2D eigenvalue weighted by molar-refractivity contribution is -0.104. The fourth-order valence-electron chi connectivity index (χ4n) is 2.88. The van der Waals surface area contributed by atoms with Crippen LogP contribution in [-0.4, -0.2) is 31.5 Å². The van der Waals surface area contributed by atoms with E-state index in [1.165, 1.54) is 6.08 Å². The summed E-state index contributed by atoms with van der Waals surface area (Å²) in [4.78, 5) is 23.8. The van der Waals surface area contributed by atoms with Crippen molar-refractivity contribution in [2.24, 2.45) is 0 Å². The molecule has 0 atom stereocenters. The highest BCUT2D eigenvalue weighted by Gasteiger charge is 2.18. The highest BCUT2D eigenvalue weighted by atomic mass is 35.5. The Hall–Kier alpha value is -2.61. The summed E-state index contributed by atoms with van der Waals surface area (Å²) in [5.74, 6) is 1.37. The number of nitrogens with zero attached hydrogens (tertiary/aromatic N) is 1. The Morgan fingerprint density at radius 3 is 2.77 bits per heavy atom. The van der Waals surface area contributed by atoms with Crippen LogP contribution in [-0.2, 0) is 4.79 Å². The van der Waals surface area contributed by atoms with Crippen LogP contribution in [0.25, 0.3) is 0 Å². The molecule has 6 nitrogen and oxygen atoms in total. The SMILES string of the molecule is CN/C=C\C(=C/C=O)Oc1cc(Cl)cc(NC(=O)c2cc(N3CCCS3)ccc2Cl)c1. The Balaban J connectivity index is 1.80. The molecule has 0 aliphatic carbocycles. The molecule has 1 aliphatic rings. The van der Waals surface area contributed by atoms with Crippen LogP contribution in [0.3, 0.4) is 0 Å². The summed E-state index contributed by atoms with van der Waals surface area (Å²) in [6.45, 7) is 0.932. The van der Waals surface area contributed by atoms with Crippen molar-refractivity contribution in [2.75, 3.05) is 29.0 Å². The van der Waals surface area contributed by atoms with Gasteiger partial charge in [0.05, 0.1) is 10.6 Å². The fourth-order valence-corrected chi connectivity index (χ4v) is 4.31. The van der Waals surface area contributed by atoms with Crippen LogP contribution in [0.2, 0.25) is 10.0 Å². The maximum Gasteiger partial charge on any atom is 0.257 e. The molecule has 0 spiro atoms. The van der Waals surface area contributed by atoms with Crippen LogP contribution in [0.15, 0.2) is 60.5 Å². The van der Waals surface area contributed by atoms with Gasteiger partial charge in [0, 0.05) is 47.9 Å². The molecular formula is C22H21Cl2N3O3S. The molecule has 0 aromatic heterocycles. The van der Waals surface area contributed by atoms with Gasteiger partial charge in [-0.2, -0.15) is 0 Å². The Bertz CT molecular complexity index is 1020. The summed E-state index contributed by atoms with van der Waals surface area (Å²) in [6, 6.07) is 10.2. The molecule has 31 heavy (non-hydrogen) atoms. The molecule has 1 amide bonds. The maximum absolute atomic E-state index is 12.9. The van der Waals surface area contributed by atoms with Crippen molar-refractivity contribution in [3.8, 4) is 5.75 Å². The zero-order chi connectivity index (χ0) is 22.2. The van der Waals surface area contributed by atoms with E-state index in [2.05, 4.69) is 14.9 Å². The summed E-state index contributed by atoms with van der Waals surface area (Å²) in [5, 5.41) is 6.36. The molecule has 1 saturated heterocycles. The van der Waals surface area contributed by atoms with Crippen molar-refractivity contribution in [2.45, 2.75) is 6.42 Å². The predicted octanol–water partition coefficient (Wildman–Crippen LogP) is 5.30. The third kappa shape index (κ3) is 6.43. The molecule has 1 aliphatic heterocycles. The lowest BCUT2D eigenvalue weighted by atomic mass is 10.1. The van der Waals surface area contributed by atoms with Crippen LogP contribution in [0.5, 0.6) is 5.75 Å². The van der Waals surface area contributed by atoms with Gasteiger partial charge in [-0.05, 0) is 61.0 Å². The molecule has 162 valence electrons. The van der Waals surface area contributed by atoms with Gasteiger partial charge in [0.25, 0.3) is 5.91 Å². The van der Waals surface area contributed by atoms with Crippen LogP contribution in [0.1, 0.15) is 16.8 Å². The number of carbonyl (C=O) groups is 2. The van der Waals surface area contributed by atoms with Crippen molar-refractivity contribution in [3.05, 3.63) is 76.1 Å². The zero-order valence-electron chi connectivity index (χ0n) is 16.7. The molecule has 1 fully saturated rings. The molecule has 2 N–H and O–H groups in total. The topological polar surface area (TPSA) is 70.7 Å². The number of benzene rings is 2.